The predicted molar refractivity (Wildman–Crippen MR) is 114 cm³/mol. The monoisotopic (exact) mass is 393 g/mol. The summed E-state index contributed by atoms with van der Waals surface area (Å²) in [5.41, 5.74) is 2.15. The molecule has 1 aliphatic rings. The number of methoxy groups -OCH3 is 1. The van der Waals surface area contributed by atoms with Crippen LogP contribution in [-0.2, 0) is 4.79 Å². The summed E-state index contributed by atoms with van der Waals surface area (Å²) >= 11 is 1.66. The largest absolute Gasteiger partial charge is 0.497 e. The van der Waals surface area contributed by atoms with Crippen LogP contribution in [0.3, 0.4) is 0 Å². The Balaban J connectivity index is 1.64. The van der Waals surface area contributed by atoms with Gasteiger partial charge in [0.2, 0.25) is 0 Å². The molecular weight excluding hydrogens is 370 g/mol. The molecule has 1 fully saturated rings. The van der Waals surface area contributed by atoms with Gasteiger partial charge in [-0.3, -0.25) is 4.79 Å². The molecular formula is C22H23N3O2S. The van der Waals surface area contributed by atoms with E-state index in [2.05, 4.69) is 11.0 Å². The smallest absolute Gasteiger partial charge is 0.264 e. The van der Waals surface area contributed by atoms with Crippen molar-refractivity contribution >= 4 is 29.4 Å². The van der Waals surface area contributed by atoms with Crippen LogP contribution in [0.25, 0.3) is 6.08 Å². The molecule has 1 heterocycles. The Morgan fingerprint density at radius 2 is 1.71 bits per heavy atom. The van der Waals surface area contributed by atoms with Gasteiger partial charge in [0.15, 0.2) is 0 Å². The summed E-state index contributed by atoms with van der Waals surface area (Å²) in [5.74, 6) is 0.623. The molecule has 0 spiro atoms. The van der Waals surface area contributed by atoms with Crippen molar-refractivity contribution in [2.45, 2.75) is 4.90 Å². The Kier molecular flexibility index (Phi) is 6.62. The third-order valence-corrected chi connectivity index (χ3v) is 5.53. The van der Waals surface area contributed by atoms with Gasteiger partial charge in [-0.05, 0) is 54.3 Å². The molecule has 0 saturated carbocycles. The van der Waals surface area contributed by atoms with E-state index in [1.54, 1.807) is 29.8 Å². The number of piperazine rings is 1. The zero-order valence-corrected chi connectivity index (χ0v) is 16.9. The normalized spacial score (nSPS) is 14.5. The Morgan fingerprint density at radius 1 is 1.07 bits per heavy atom. The van der Waals surface area contributed by atoms with Crippen molar-refractivity contribution in [1.82, 2.24) is 4.90 Å². The first-order chi connectivity index (χ1) is 13.6. The Morgan fingerprint density at radius 3 is 2.25 bits per heavy atom. The molecule has 0 atom stereocenters. The van der Waals surface area contributed by atoms with Gasteiger partial charge in [-0.25, -0.2) is 0 Å². The molecule has 144 valence electrons. The number of carbonyl (C=O) groups excluding carboxylic acids is 1. The third-order valence-electron chi connectivity index (χ3n) is 4.78. The number of hydrogen-bond acceptors (Lipinski definition) is 5. The minimum Gasteiger partial charge on any atom is -0.497 e. The lowest BCUT2D eigenvalue weighted by molar-refractivity contribution is -0.126. The van der Waals surface area contributed by atoms with E-state index in [1.165, 1.54) is 0 Å². The van der Waals surface area contributed by atoms with Crippen molar-refractivity contribution in [3.8, 4) is 11.8 Å². The van der Waals surface area contributed by atoms with Crippen LogP contribution in [0.1, 0.15) is 5.56 Å². The Bertz CT molecular complexity index is 877. The zero-order valence-electron chi connectivity index (χ0n) is 16.1. The van der Waals surface area contributed by atoms with Gasteiger partial charge >= 0.3 is 0 Å². The molecule has 6 heteroatoms. The average molecular weight is 394 g/mol. The van der Waals surface area contributed by atoms with Crippen LogP contribution in [0.15, 0.2) is 59.0 Å². The van der Waals surface area contributed by atoms with Crippen LogP contribution in [0, 0.1) is 11.3 Å². The molecule has 28 heavy (non-hydrogen) atoms. The number of amides is 1. The van der Waals surface area contributed by atoms with E-state index >= 15 is 0 Å². The molecule has 0 unspecified atom stereocenters. The molecule has 1 amide bonds. The quantitative estimate of drug-likeness (QED) is 0.441. The molecule has 0 bridgehead atoms. The van der Waals surface area contributed by atoms with E-state index in [0.717, 1.165) is 35.0 Å². The van der Waals surface area contributed by atoms with Gasteiger partial charge in [-0.15, -0.1) is 11.8 Å². The molecule has 3 rings (SSSR count). The summed E-state index contributed by atoms with van der Waals surface area (Å²) in [4.78, 5) is 17.9. The molecule has 0 aliphatic carbocycles. The second-order valence-corrected chi connectivity index (χ2v) is 7.30. The predicted octanol–water partition coefficient (Wildman–Crippen LogP) is 3.67. The van der Waals surface area contributed by atoms with Gasteiger partial charge in [0, 0.05) is 36.8 Å². The fourth-order valence-corrected chi connectivity index (χ4v) is 3.55. The molecule has 2 aromatic rings. The lowest BCUT2D eigenvalue weighted by Gasteiger charge is -2.36. The fourth-order valence-electron chi connectivity index (χ4n) is 3.14. The first-order valence-electron chi connectivity index (χ1n) is 9.08. The second kappa shape index (κ2) is 9.34. The summed E-state index contributed by atoms with van der Waals surface area (Å²) < 4.78 is 5.20. The minimum absolute atomic E-state index is 0.176. The number of thioether (sulfide) groups is 1. The van der Waals surface area contributed by atoms with Gasteiger partial charge in [0.05, 0.1) is 7.11 Å². The molecule has 1 saturated heterocycles. The zero-order chi connectivity index (χ0) is 19.9. The van der Waals surface area contributed by atoms with E-state index in [4.69, 9.17) is 4.74 Å². The third kappa shape index (κ3) is 4.68. The second-order valence-electron chi connectivity index (χ2n) is 6.42. The number of benzene rings is 2. The summed E-state index contributed by atoms with van der Waals surface area (Å²) in [6, 6.07) is 17.8. The first kappa shape index (κ1) is 19.8. The van der Waals surface area contributed by atoms with E-state index in [9.17, 15) is 10.1 Å². The maximum atomic E-state index is 12.8. The fraction of sp³-hybridized carbons (Fsp3) is 0.273. The summed E-state index contributed by atoms with van der Waals surface area (Å²) in [7, 11) is 1.65. The molecule has 1 aliphatic heterocycles. The van der Waals surface area contributed by atoms with E-state index < -0.39 is 0 Å². The van der Waals surface area contributed by atoms with Crippen LogP contribution >= 0.6 is 11.8 Å². The van der Waals surface area contributed by atoms with Crippen LogP contribution in [0.5, 0.6) is 5.75 Å². The summed E-state index contributed by atoms with van der Waals surface area (Å²) in [6.07, 6.45) is 3.68. The van der Waals surface area contributed by atoms with Crippen LogP contribution in [0.4, 0.5) is 5.69 Å². The number of ether oxygens (including phenoxy) is 1. The number of anilines is 1. The summed E-state index contributed by atoms with van der Waals surface area (Å²) in [5, 5.41) is 9.48. The minimum atomic E-state index is -0.203. The standard InChI is InChI=1S/C22H23N3O2S/c1-27-20-7-5-19(6-8-20)24-11-13-25(14-12-24)22(26)18(16-23)15-17-3-9-21(28-2)10-4-17/h3-10,15H,11-14H2,1-2H3/b18-15+. The van der Waals surface area contributed by atoms with Crippen molar-refractivity contribution in [1.29, 1.82) is 5.26 Å². The number of rotatable bonds is 5. The lowest BCUT2D eigenvalue weighted by atomic mass is 10.1. The molecule has 0 N–H and O–H groups in total. The van der Waals surface area contributed by atoms with Crippen LogP contribution in [0.2, 0.25) is 0 Å². The van der Waals surface area contributed by atoms with Crippen LogP contribution < -0.4 is 9.64 Å². The highest BCUT2D eigenvalue weighted by molar-refractivity contribution is 7.98. The van der Waals surface area contributed by atoms with Gasteiger partial charge < -0.3 is 14.5 Å². The van der Waals surface area contributed by atoms with E-state index in [-0.39, 0.29) is 11.5 Å². The molecule has 0 aromatic heterocycles. The first-order valence-corrected chi connectivity index (χ1v) is 10.3. The van der Waals surface area contributed by atoms with Gasteiger partial charge in [-0.1, -0.05) is 12.1 Å². The van der Waals surface area contributed by atoms with Crippen molar-refractivity contribution in [3.63, 3.8) is 0 Å². The lowest BCUT2D eigenvalue weighted by Crippen LogP contribution is -2.49. The van der Waals surface area contributed by atoms with Crippen molar-refractivity contribution in [2.24, 2.45) is 0 Å². The SMILES string of the molecule is COc1ccc(N2CCN(C(=O)/C(C#N)=C/c3ccc(SC)cc3)CC2)cc1. The Labute approximate surface area is 170 Å². The highest BCUT2D eigenvalue weighted by atomic mass is 32.2. The molecule has 0 radical (unpaired) electrons. The van der Waals surface area contributed by atoms with E-state index in [0.29, 0.717) is 13.1 Å². The Hall–Kier alpha value is -2.91. The van der Waals surface area contributed by atoms with Crippen molar-refractivity contribution in [3.05, 3.63) is 59.7 Å². The van der Waals surface area contributed by atoms with Crippen LogP contribution in [-0.4, -0.2) is 50.4 Å². The maximum Gasteiger partial charge on any atom is 0.264 e. The van der Waals surface area contributed by atoms with Gasteiger partial charge in [0.1, 0.15) is 17.4 Å². The molecule has 2 aromatic carbocycles. The number of hydrogen-bond donors (Lipinski definition) is 0. The number of nitriles is 1. The van der Waals surface area contributed by atoms with Gasteiger partial charge in [-0.2, -0.15) is 5.26 Å². The highest BCUT2D eigenvalue weighted by Crippen LogP contribution is 2.21. The number of carbonyl (C=O) groups is 1. The van der Waals surface area contributed by atoms with Crippen molar-refractivity contribution in [2.75, 3.05) is 44.4 Å². The average Bonchev–Trinajstić information content (AvgIpc) is 2.77. The van der Waals surface area contributed by atoms with Crippen molar-refractivity contribution < 1.29 is 9.53 Å². The number of nitrogens with zero attached hydrogens (tertiary/aromatic N) is 3. The summed E-state index contributed by atoms with van der Waals surface area (Å²) in [6.45, 7) is 2.66. The van der Waals surface area contributed by atoms with E-state index in [1.807, 2.05) is 54.8 Å². The molecule has 5 nitrogen and oxygen atoms in total. The highest BCUT2D eigenvalue weighted by Gasteiger charge is 2.23. The van der Waals surface area contributed by atoms with Gasteiger partial charge in [0.25, 0.3) is 5.91 Å². The topological polar surface area (TPSA) is 56.6 Å². The maximum absolute atomic E-state index is 12.8.